The molecule has 4 nitrogen and oxygen atoms in total. The van der Waals surface area contributed by atoms with Crippen molar-refractivity contribution >= 4 is 5.97 Å². The zero-order valence-corrected chi connectivity index (χ0v) is 7.16. The first kappa shape index (κ1) is 9.39. The first-order chi connectivity index (χ1) is 3.80. The monoisotopic (exact) mass is 142 g/mol. The van der Waals surface area contributed by atoms with Crippen molar-refractivity contribution in [2.24, 2.45) is 5.92 Å². The number of hydrogen-bond acceptors (Lipinski definition) is 3. The summed E-state index contributed by atoms with van der Waals surface area (Å²) in [5.41, 5.74) is 0. The number of carboxylic acid groups (broad SMARTS) is 1. The van der Waals surface area contributed by atoms with Gasteiger partial charge in [0.15, 0.2) is 0 Å². The van der Waals surface area contributed by atoms with Crippen LogP contribution in [0.25, 0.3) is 0 Å². The second kappa shape index (κ2) is 4.24. The Hall–Kier alpha value is 0.390. The van der Waals surface area contributed by atoms with Gasteiger partial charge in [-0.2, -0.15) is 0 Å². The molecule has 0 unspecified atom stereocenters. The van der Waals surface area contributed by atoms with E-state index in [4.69, 9.17) is 5.11 Å². The van der Waals surface area contributed by atoms with Crippen molar-refractivity contribution in [1.82, 2.24) is 0 Å². The number of rotatable bonds is 1. The van der Waals surface area contributed by atoms with E-state index in [0.717, 1.165) is 0 Å². The largest absolute Gasteiger partial charge is 1.00 e. The van der Waals surface area contributed by atoms with Crippen molar-refractivity contribution in [3.05, 3.63) is 0 Å². The fourth-order valence-electron chi connectivity index (χ4n) is 0.451. The third kappa shape index (κ3) is 2.64. The number of carboxylic acids is 1. The summed E-state index contributed by atoms with van der Waals surface area (Å²) in [5, 5.41) is 8.25. The first-order valence-corrected chi connectivity index (χ1v) is 2.28. The van der Waals surface area contributed by atoms with Crippen molar-refractivity contribution in [2.45, 2.75) is 0 Å². The Morgan fingerprint density at radius 1 is 1.56 bits per heavy atom. The molecule has 0 radical (unpaired) electrons. The summed E-state index contributed by atoms with van der Waals surface area (Å²) in [6, 6.07) is 0. The van der Waals surface area contributed by atoms with Crippen molar-refractivity contribution in [1.29, 1.82) is 0 Å². The fraction of sp³-hybridized carbons (Fsp3) is 0.750. The summed E-state index contributed by atoms with van der Waals surface area (Å²) < 4.78 is 0. The SMILES string of the molecule is O=C(O)C1COOC1.[H-].[Na+]. The zero-order valence-electron chi connectivity index (χ0n) is 6.16. The van der Waals surface area contributed by atoms with Crippen LogP contribution in [0, 0.1) is 5.92 Å². The molecular weight excluding hydrogens is 135 g/mol. The normalized spacial score (nSPS) is 19.1. The van der Waals surface area contributed by atoms with Gasteiger partial charge in [0.2, 0.25) is 0 Å². The molecule has 5 heteroatoms. The Balaban J connectivity index is 0. The molecule has 0 bridgehead atoms. The summed E-state index contributed by atoms with van der Waals surface area (Å²) >= 11 is 0. The molecule has 0 saturated carbocycles. The van der Waals surface area contributed by atoms with Gasteiger partial charge in [0.25, 0.3) is 0 Å². The van der Waals surface area contributed by atoms with Crippen LogP contribution < -0.4 is 29.6 Å². The van der Waals surface area contributed by atoms with Gasteiger partial charge in [-0.1, -0.05) is 0 Å². The van der Waals surface area contributed by atoms with Crippen LogP contribution in [0.1, 0.15) is 1.43 Å². The van der Waals surface area contributed by atoms with E-state index in [1.165, 1.54) is 0 Å². The summed E-state index contributed by atoms with van der Waals surface area (Å²) in [7, 11) is 0. The maximum absolute atomic E-state index is 10.0. The maximum Gasteiger partial charge on any atom is 1.00 e. The third-order valence-corrected chi connectivity index (χ3v) is 0.971. The third-order valence-electron chi connectivity index (χ3n) is 0.971. The van der Waals surface area contributed by atoms with Gasteiger partial charge in [-0.3, -0.25) is 4.79 Å². The molecule has 0 aliphatic carbocycles. The standard InChI is InChI=1S/C4H6O4.Na.H/c5-4(6)3-1-7-8-2-3;;/h3H,1-2H2,(H,5,6);;/q;+1;-1. The number of aliphatic carboxylic acids is 1. The minimum Gasteiger partial charge on any atom is -1.00 e. The second-order valence-electron chi connectivity index (χ2n) is 1.60. The van der Waals surface area contributed by atoms with Crippen LogP contribution in [0.3, 0.4) is 0 Å². The minimum atomic E-state index is -0.859. The van der Waals surface area contributed by atoms with E-state index in [1.807, 2.05) is 0 Å². The molecule has 0 aromatic heterocycles. The summed E-state index contributed by atoms with van der Waals surface area (Å²) in [6.45, 7) is 0.352. The molecule has 1 fully saturated rings. The molecule has 48 valence electrons. The van der Waals surface area contributed by atoms with E-state index in [9.17, 15) is 4.79 Å². The van der Waals surface area contributed by atoms with Crippen LogP contribution >= 0.6 is 0 Å². The molecule has 9 heavy (non-hydrogen) atoms. The minimum absolute atomic E-state index is 0. The van der Waals surface area contributed by atoms with Crippen LogP contribution in [-0.2, 0) is 14.6 Å². The quantitative estimate of drug-likeness (QED) is 0.309. The van der Waals surface area contributed by atoms with Crippen molar-refractivity contribution in [3.8, 4) is 0 Å². The molecule has 0 spiro atoms. The van der Waals surface area contributed by atoms with E-state index in [0.29, 0.717) is 0 Å². The Bertz CT molecular complexity index is 103. The van der Waals surface area contributed by atoms with E-state index in [2.05, 4.69) is 9.78 Å². The summed E-state index contributed by atoms with van der Waals surface area (Å²) in [5.74, 6) is -1.32. The predicted molar refractivity (Wildman–Crippen MR) is 24.1 cm³/mol. The molecule has 0 aromatic rings. The van der Waals surface area contributed by atoms with E-state index < -0.39 is 11.9 Å². The van der Waals surface area contributed by atoms with E-state index in [1.54, 1.807) is 0 Å². The topological polar surface area (TPSA) is 55.8 Å². The van der Waals surface area contributed by atoms with Crippen LogP contribution in [0.15, 0.2) is 0 Å². The Labute approximate surface area is 75.8 Å². The molecule has 1 saturated heterocycles. The van der Waals surface area contributed by atoms with Gasteiger partial charge in [0, 0.05) is 0 Å². The average molecular weight is 142 g/mol. The Morgan fingerprint density at radius 3 is 2.22 bits per heavy atom. The Kier molecular flexibility index (Phi) is 4.43. The van der Waals surface area contributed by atoms with Crippen LogP contribution in [0.4, 0.5) is 0 Å². The molecule has 0 aromatic carbocycles. The van der Waals surface area contributed by atoms with Gasteiger partial charge in [0.1, 0.15) is 5.92 Å². The number of hydrogen-bond donors (Lipinski definition) is 1. The molecule has 1 aliphatic heterocycles. The van der Waals surface area contributed by atoms with E-state index >= 15 is 0 Å². The average Bonchev–Trinajstić information content (AvgIpc) is 2.12. The van der Waals surface area contributed by atoms with Crippen LogP contribution in [-0.4, -0.2) is 24.3 Å². The maximum atomic E-state index is 10.0. The molecule has 0 amide bonds. The first-order valence-electron chi connectivity index (χ1n) is 2.28. The second-order valence-corrected chi connectivity index (χ2v) is 1.60. The number of carbonyl (C=O) groups is 1. The van der Waals surface area contributed by atoms with Gasteiger partial charge in [-0.05, 0) is 0 Å². The van der Waals surface area contributed by atoms with Crippen molar-refractivity contribution in [3.63, 3.8) is 0 Å². The van der Waals surface area contributed by atoms with E-state index in [-0.39, 0.29) is 44.2 Å². The zero-order chi connectivity index (χ0) is 5.98. The van der Waals surface area contributed by atoms with Crippen LogP contribution in [0.2, 0.25) is 0 Å². The predicted octanol–water partition coefficient (Wildman–Crippen LogP) is -3.23. The fourth-order valence-corrected chi connectivity index (χ4v) is 0.451. The molecule has 1 rings (SSSR count). The Morgan fingerprint density at radius 2 is 2.00 bits per heavy atom. The van der Waals surface area contributed by atoms with Gasteiger partial charge in [0.05, 0.1) is 13.2 Å². The molecule has 0 atom stereocenters. The summed E-state index contributed by atoms with van der Waals surface area (Å²) in [4.78, 5) is 18.7. The molecular formula is C4H7NaO4. The van der Waals surface area contributed by atoms with Crippen molar-refractivity contribution < 1.29 is 50.7 Å². The summed E-state index contributed by atoms with van der Waals surface area (Å²) in [6.07, 6.45) is 0. The van der Waals surface area contributed by atoms with Gasteiger partial charge in [-0.15, -0.1) is 0 Å². The van der Waals surface area contributed by atoms with Crippen molar-refractivity contribution in [2.75, 3.05) is 13.2 Å². The molecule has 1 heterocycles. The smallest absolute Gasteiger partial charge is 1.00 e. The van der Waals surface area contributed by atoms with Gasteiger partial charge in [-0.25, -0.2) is 9.78 Å². The molecule has 1 N–H and O–H groups in total. The van der Waals surface area contributed by atoms with Gasteiger partial charge < -0.3 is 6.53 Å². The molecule has 1 aliphatic rings. The van der Waals surface area contributed by atoms with Crippen LogP contribution in [0.5, 0.6) is 0 Å². The van der Waals surface area contributed by atoms with Gasteiger partial charge >= 0.3 is 35.5 Å².